The van der Waals surface area contributed by atoms with Gasteiger partial charge >= 0.3 is 0 Å². The molecule has 25 heavy (non-hydrogen) atoms. The third-order valence-electron chi connectivity index (χ3n) is 4.60. The van der Waals surface area contributed by atoms with Crippen LogP contribution in [0.2, 0.25) is 0 Å². The normalized spacial score (nSPS) is 15.7. The van der Waals surface area contributed by atoms with Crippen LogP contribution in [0.4, 0.5) is 0 Å². The third-order valence-corrected chi connectivity index (χ3v) is 6.08. The first-order valence-electron chi connectivity index (χ1n) is 9.00. The highest BCUT2D eigenvalue weighted by atomic mass is 35.5. The van der Waals surface area contributed by atoms with E-state index in [-0.39, 0.29) is 5.54 Å². The standard InChI is InChI=1S/C20H27ClN2OS/c1-20(2,3)23-12-9-17-18(10-13-23)25-19(22-17)15-5-7-16(8-6-15)24-14-4-11-21/h5-8H,4,9-14H2,1-3H3. The van der Waals surface area contributed by atoms with E-state index in [1.54, 1.807) is 0 Å². The fourth-order valence-electron chi connectivity index (χ4n) is 3.10. The lowest BCUT2D eigenvalue weighted by Crippen LogP contribution is -2.42. The smallest absolute Gasteiger partial charge is 0.123 e. The second kappa shape index (κ2) is 8.07. The second-order valence-corrected chi connectivity index (χ2v) is 8.92. The van der Waals surface area contributed by atoms with Crippen LogP contribution >= 0.6 is 22.9 Å². The van der Waals surface area contributed by atoms with Crippen molar-refractivity contribution in [3.8, 4) is 16.3 Å². The molecule has 1 aromatic carbocycles. The van der Waals surface area contributed by atoms with Crippen molar-refractivity contribution in [1.82, 2.24) is 9.88 Å². The van der Waals surface area contributed by atoms with E-state index in [1.165, 1.54) is 16.1 Å². The number of hydrogen-bond donors (Lipinski definition) is 0. The molecule has 5 heteroatoms. The average Bonchev–Trinajstić information content (AvgIpc) is 2.87. The zero-order valence-corrected chi connectivity index (χ0v) is 16.9. The Morgan fingerprint density at radius 3 is 2.56 bits per heavy atom. The fraction of sp³-hybridized carbons (Fsp3) is 0.550. The van der Waals surface area contributed by atoms with Crippen LogP contribution in [0.15, 0.2) is 24.3 Å². The number of aromatic nitrogens is 1. The van der Waals surface area contributed by atoms with Crippen molar-refractivity contribution in [1.29, 1.82) is 0 Å². The molecule has 3 nitrogen and oxygen atoms in total. The van der Waals surface area contributed by atoms with Gasteiger partial charge in [-0.15, -0.1) is 22.9 Å². The number of nitrogens with zero attached hydrogens (tertiary/aromatic N) is 2. The van der Waals surface area contributed by atoms with Gasteiger partial charge in [0.2, 0.25) is 0 Å². The first kappa shape index (κ1) is 18.7. The number of hydrogen-bond acceptors (Lipinski definition) is 4. The van der Waals surface area contributed by atoms with E-state index < -0.39 is 0 Å². The molecule has 0 N–H and O–H groups in total. The van der Waals surface area contributed by atoms with Crippen molar-refractivity contribution in [3.63, 3.8) is 0 Å². The summed E-state index contributed by atoms with van der Waals surface area (Å²) in [6, 6.07) is 8.26. The Hall–Kier alpha value is -1.10. The Morgan fingerprint density at radius 1 is 1.16 bits per heavy atom. The maximum Gasteiger partial charge on any atom is 0.123 e. The van der Waals surface area contributed by atoms with Crippen molar-refractivity contribution in [2.45, 2.75) is 45.6 Å². The van der Waals surface area contributed by atoms with Crippen LogP contribution in [0.1, 0.15) is 37.8 Å². The predicted octanol–water partition coefficient (Wildman–Crippen LogP) is 5.02. The van der Waals surface area contributed by atoms with Crippen molar-refractivity contribution >= 4 is 22.9 Å². The van der Waals surface area contributed by atoms with Gasteiger partial charge in [-0.1, -0.05) is 0 Å². The zero-order valence-electron chi connectivity index (χ0n) is 15.3. The lowest BCUT2D eigenvalue weighted by Gasteiger charge is -2.34. The fourth-order valence-corrected chi connectivity index (χ4v) is 4.31. The van der Waals surface area contributed by atoms with E-state index >= 15 is 0 Å². The van der Waals surface area contributed by atoms with E-state index in [9.17, 15) is 0 Å². The molecule has 0 radical (unpaired) electrons. The van der Waals surface area contributed by atoms with Gasteiger partial charge in [-0.05, 0) is 57.9 Å². The van der Waals surface area contributed by atoms with Crippen LogP contribution in [-0.2, 0) is 12.8 Å². The van der Waals surface area contributed by atoms with Gasteiger partial charge in [0.25, 0.3) is 0 Å². The summed E-state index contributed by atoms with van der Waals surface area (Å²) in [6.45, 7) is 9.75. The van der Waals surface area contributed by atoms with Crippen molar-refractivity contribution in [2.75, 3.05) is 25.6 Å². The molecular weight excluding hydrogens is 352 g/mol. The summed E-state index contributed by atoms with van der Waals surface area (Å²) in [5.74, 6) is 1.53. The van der Waals surface area contributed by atoms with Crippen molar-refractivity contribution < 1.29 is 4.74 Å². The molecule has 1 aromatic heterocycles. The minimum absolute atomic E-state index is 0.232. The molecule has 2 heterocycles. The van der Waals surface area contributed by atoms with Gasteiger partial charge in [0, 0.05) is 41.4 Å². The Balaban J connectivity index is 1.68. The quantitative estimate of drug-likeness (QED) is 0.539. The molecule has 0 spiro atoms. The number of fused-ring (bicyclic) bond motifs is 1. The van der Waals surface area contributed by atoms with E-state index in [0.717, 1.165) is 43.1 Å². The number of alkyl halides is 1. The Bertz CT molecular complexity index is 665. The summed E-state index contributed by atoms with van der Waals surface area (Å²) >= 11 is 7.52. The topological polar surface area (TPSA) is 25.4 Å². The van der Waals surface area contributed by atoms with Gasteiger partial charge in [-0.3, -0.25) is 4.90 Å². The lowest BCUT2D eigenvalue weighted by atomic mass is 10.1. The van der Waals surface area contributed by atoms with Gasteiger partial charge in [0.15, 0.2) is 0 Å². The Morgan fingerprint density at radius 2 is 1.88 bits per heavy atom. The number of halogens is 1. The molecule has 0 fully saturated rings. The minimum Gasteiger partial charge on any atom is -0.494 e. The number of benzene rings is 1. The second-order valence-electron chi connectivity index (χ2n) is 7.46. The molecule has 0 unspecified atom stereocenters. The molecule has 0 bridgehead atoms. The Kier molecular flexibility index (Phi) is 6.03. The molecule has 0 amide bonds. The summed E-state index contributed by atoms with van der Waals surface area (Å²) < 4.78 is 5.67. The monoisotopic (exact) mass is 378 g/mol. The lowest BCUT2D eigenvalue weighted by molar-refractivity contribution is 0.144. The predicted molar refractivity (Wildman–Crippen MR) is 107 cm³/mol. The Labute approximate surface area is 160 Å². The molecule has 0 saturated heterocycles. The maximum atomic E-state index is 5.68. The SMILES string of the molecule is CC(C)(C)N1CCc2nc(-c3ccc(OCCCCl)cc3)sc2CC1. The van der Waals surface area contributed by atoms with Gasteiger partial charge in [0.1, 0.15) is 10.8 Å². The van der Waals surface area contributed by atoms with Crippen molar-refractivity contribution in [2.24, 2.45) is 0 Å². The molecule has 0 saturated carbocycles. The van der Waals surface area contributed by atoms with Crippen LogP contribution < -0.4 is 4.74 Å². The molecule has 1 aliphatic heterocycles. The van der Waals surface area contributed by atoms with Crippen LogP contribution in [0.5, 0.6) is 5.75 Å². The average molecular weight is 379 g/mol. The van der Waals surface area contributed by atoms with Crippen molar-refractivity contribution in [3.05, 3.63) is 34.8 Å². The van der Waals surface area contributed by atoms with E-state index in [4.69, 9.17) is 21.3 Å². The highest BCUT2D eigenvalue weighted by molar-refractivity contribution is 7.15. The first-order chi connectivity index (χ1) is 12.0. The minimum atomic E-state index is 0.232. The molecule has 136 valence electrons. The molecule has 3 rings (SSSR count). The summed E-state index contributed by atoms with van der Waals surface area (Å²) in [6.07, 6.45) is 3.01. The van der Waals surface area contributed by atoms with Gasteiger partial charge in [-0.25, -0.2) is 4.98 Å². The van der Waals surface area contributed by atoms with Gasteiger partial charge in [-0.2, -0.15) is 0 Å². The largest absolute Gasteiger partial charge is 0.494 e. The third kappa shape index (κ3) is 4.75. The van der Waals surface area contributed by atoms with Crippen LogP contribution in [-0.4, -0.2) is 41.0 Å². The molecule has 0 aliphatic carbocycles. The van der Waals surface area contributed by atoms with Crippen LogP contribution in [0, 0.1) is 0 Å². The van der Waals surface area contributed by atoms with Gasteiger partial charge < -0.3 is 4.74 Å². The van der Waals surface area contributed by atoms with E-state index in [0.29, 0.717) is 12.5 Å². The number of rotatable bonds is 5. The maximum absolute atomic E-state index is 5.68. The first-order valence-corrected chi connectivity index (χ1v) is 10.4. The molecule has 1 aliphatic rings. The molecular formula is C20H27ClN2OS. The summed E-state index contributed by atoms with van der Waals surface area (Å²) in [5, 5.41) is 1.13. The number of ether oxygens (including phenoxy) is 1. The summed E-state index contributed by atoms with van der Waals surface area (Å²) in [7, 11) is 0. The highest BCUT2D eigenvalue weighted by Crippen LogP contribution is 2.32. The van der Waals surface area contributed by atoms with Crippen LogP contribution in [0.3, 0.4) is 0 Å². The van der Waals surface area contributed by atoms with Crippen LogP contribution in [0.25, 0.3) is 10.6 Å². The summed E-state index contributed by atoms with van der Waals surface area (Å²) in [5.41, 5.74) is 2.70. The highest BCUT2D eigenvalue weighted by Gasteiger charge is 2.25. The van der Waals surface area contributed by atoms with Gasteiger partial charge in [0.05, 0.1) is 12.3 Å². The summed E-state index contributed by atoms with van der Waals surface area (Å²) in [4.78, 5) is 8.95. The van der Waals surface area contributed by atoms with E-state index in [2.05, 4.69) is 37.8 Å². The zero-order chi connectivity index (χ0) is 17.9. The number of thiazole rings is 1. The molecule has 0 atom stereocenters. The van der Waals surface area contributed by atoms with E-state index in [1.807, 2.05) is 23.5 Å². The molecule has 2 aromatic rings.